The molecule has 6 atom stereocenters. The SMILES string of the molecule is CC/C=C\C/C=C\C/C=C\C/C=C\C/C=C\C/C=C\C/C=C\CCCC(=O)OC(COCCCCCCCCCCCCCCCCCC)COP(=O)(O)OC1C(O)C(O)C(O)C(O)C1O. The number of carbonyl (C=O) groups is 1. The van der Waals surface area contributed by atoms with E-state index < -0.39 is 63.1 Å². The molecule has 0 saturated heterocycles. The fraction of sp³-hybridized carbons (Fsp3) is 0.717. The van der Waals surface area contributed by atoms with Crippen molar-refractivity contribution in [3.63, 3.8) is 0 Å². The second-order valence-corrected chi connectivity index (χ2v) is 18.7. The second kappa shape index (κ2) is 42.6. The van der Waals surface area contributed by atoms with Crippen molar-refractivity contribution < 1.29 is 58.3 Å². The molecular weight excluding hydrogens is 860 g/mol. The second-order valence-electron chi connectivity index (χ2n) is 17.3. The van der Waals surface area contributed by atoms with E-state index in [1.165, 1.54) is 83.5 Å². The highest BCUT2D eigenvalue weighted by molar-refractivity contribution is 7.47. The minimum Gasteiger partial charge on any atom is -0.457 e. The van der Waals surface area contributed by atoms with Gasteiger partial charge in [-0.2, -0.15) is 0 Å². The highest BCUT2D eigenvalue weighted by Crippen LogP contribution is 2.47. The van der Waals surface area contributed by atoms with Gasteiger partial charge >= 0.3 is 13.8 Å². The van der Waals surface area contributed by atoms with E-state index >= 15 is 0 Å². The molecule has 0 spiro atoms. The number of hydrogen-bond acceptors (Lipinski definition) is 11. The Morgan fingerprint density at radius 3 is 1.30 bits per heavy atom. The van der Waals surface area contributed by atoms with Gasteiger partial charge in [-0.05, 0) is 64.2 Å². The molecule has 0 heterocycles. The molecule has 6 unspecified atom stereocenters. The average Bonchev–Trinajstić information content (AvgIpc) is 3.30. The van der Waals surface area contributed by atoms with Gasteiger partial charge in [0.05, 0.1) is 13.2 Å². The Bertz CT molecular complexity index is 1410. The number of aliphatic hydroxyl groups excluding tert-OH is 5. The minimum atomic E-state index is -5.04. The van der Waals surface area contributed by atoms with Crippen LogP contribution in [-0.4, -0.2) is 98.9 Å². The monoisotopic (exact) mass is 951 g/mol. The quantitative estimate of drug-likeness (QED) is 0.0147. The van der Waals surface area contributed by atoms with Gasteiger partial charge in [0, 0.05) is 13.0 Å². The summed E-state index contributed by atoms with van der Waals surface area (Å²) in [7, 11) is -5.04. The van der Waals surface area contributed by atoms with Gasteiger partial charge in [-0.25, -0.2) is 4.57 Å². The molecule has 1 rings (SSSR count). The molecule has 0 aromatic rings. The molecule has 66 heavy (non-hydrogen) atoms. The topological polar surface area (TPSA) is 192 Å². The van der Waals surface area contributed by atoms with Crippen LogP contribution in [0.25, 0.3) is 0 Å². The number of ether oxygens (including phenoxy) is 2. The van der Waals surface area contributed by atoms with E-state index in [2.05, 4.69) is 86.8 Å². The van der Waals surface area contributed by atoms with Crippen molar-refractivity contribution in [2.45, 2.75) is 224 Å². The van der Waals surface area contributed by atoms with Crippen molar-refractivity contribution in [1.82, 2.24) is 0 Å². The van der Waals surface area contributed by atoms with Crippen molar-refractivity contribution >= 4 is 13.8 Å². The van der Waals surface area contributed by atoms with Crippen LogP contribution >= 0.6 is 7.82 Å². The van der Waals surface area contributed by atoms with E-state index in [9.17, 15) is 39.8 Å². The maximum atomic E-state index is 12.8. The normalized spacial score (nSPS) is 22.1. The number of allylic oxidation sites excluding steroid dienone is 14. The number of hydrogen-bond donors (Lipinski definition) is 6. The Morgan fingerprint density at radius 1 is 0.500 bits per heavy atom. The largest absolute Gasteiger partial charge is 0.472 e. The zero-order valence-electron chi connectivity index (χ0n) is 40.7. The maximum Gasteiger partial charge on any atom is 0.472 e. The van der Waals surface area contributed by atoms with Crippen LogP contribution < -0.4 is 0 Å². The Balaban J connectivity index is 2.41. The number of phosphoric ester groups is 1. The van der Waals surface area contributed by atoms with E-state index in [1.54, 1.807) is 0 Å². The molecule has 6 N–H and O–H groups in total. The predicted octanol–water partition coefficient (Wildman–Crippen LogP) is 11.3. The molecule has 1 aliphatic carbocycles. The number of aliphatic hydroxyl groups is 5. The molecule has 1 saturated carbocycles. The van der Waals surface area contributed by atoms with Crippen molar-refractivity contribution in [2.75, 3.05) is 19.8 Å². The first-order valence-corrected chi connectivity index (χ1v) is 26.9. The van der Waals surface area contributed by atoms with Crippen molar-refractivity contribution in [3.05, 3.63) is 85.1 Å². The molecule has 0 amide bonds. The summed E-state index contributed by atoms with van der Waals surface area (Å²) in [6.07, 6.45) is 45.1. The zero-order valence-corrected chi connectivity index (χ0v) is 41.6. The third kappa shape index (κ3) is 33.9. The fourth-order valence-electron chi connectivity index (χ4n) is 7.29. The highest BCUT2D eigenvalue weighted by atomic mass is 31.2. The lowest BCUT2D eigenvalue weighted by atomic mass is 9.85. The fourth-order valence-corrected chi connectivity index (χ4v) is 8.26. The highest BCUT2D eigenvalue weighted by Gasteiger charge is 2.51. The van der Waals surface area contributed by atoms with E-state index in [1.807, 2.05) is 12.2 Å². The number of esters is 1. The van der Waals surface area contributed by atoms with E-state index in [-0.39, 0.29) is 13.0 Å². The lowest BCUT2D eigenvalue weighted by molar-refractivity contribution is -0.220. The van der Waals surface area contributed by atoms with Crippen LogP contribution in [0, 0.1) is 0 Å². The number of rotatable bonds is 42. The van der Waals surface area contributed by atoms with E-state index in [0.717, 1.165) is 64.2 Å². The van der Waals surface area contributed by atoms with Crippen LogP contribution in [0.15, 0.2) is 85.1 Å². The first-order chi connectivity index (χ1) is 32.0. The predicted molar refractivity (Wildman–Crippen MR) is 267 cm³/mol. The third-order valence-electron chi connectivity index (χ3n) is 11.3. The maximum absolute atomic E-state index is 12.8. The van der Waals surface area contributed by atoms with Gasteiger partial charge < -0.3 is 39.9 Å². The van der Waals surface area contributed by atoms with Gasteiger partial charge in [0.1, 0.15) is 42.7 Å². The Kier molecular flexibility index (Phi) is 39.7. The number of carbonyl (C=O) groups excluding carboxylic acids is 1. The van der Waals surface area contributed by atoms with Gasteiger partial charge in [0.15, 0.2) is 0 Å². The molecule has 380 valence electrons. The first-order valence-electron chi connectivity index (χ1n) is 25.4. The Hall–Kier alpha value is -2.48. The molecule has 0 aliphatic heterocycles. The van der Waals surface area contributed by atoms with Crippen LogP contribution in [0.2, 0.25) is 0 Å². The molecule has 1 fully saturated rings. The molecule has 13 heteroatoms. The van der Waals surface area contributed by atoms with Crippen LogP contribution in [0.4, 0.5) is 0 Å². The van der Waals surface area contributed by atoms with Gasteiger partial charge in [-0.1, -0.05) is 195 Å². The summed E-state index contributed by atoms with van der Waals surface area (Å²) in [6.45, 7) is 4.09. The Morgan fingerprint density at radius 2 is 0.879 bits per heavy atom. The number of phosphoric acid groups is 1. The lowest BCUT2D eigenvalue weighted by Gasteiger charge is -2.41. The van der Waals surface area contributed by atoms with Crippen molar-refractivity contribution in [1.29, 1.82) is 0 Å². The van der Waals surface area contributed by atoms with Crippen LogP contribution in [0.5, 0.6) is 0 Å². The standard InChI is InChI=1S/C53H91O12P/c1-3-5-7-9-11-13-15-17-19-21-22-23-24-25-26-27-28-30-32-34-36-38-40-42-47(54)64-46(45-63-66(60,61)65-53-51(58)49(56)48(55)50(57)52(53)59)44-62-43-41-39-37-35-33-31-29-20-18-16-14-12-10-8-6-4-2/h5,7,11,13,17,19,22-23,25-26,28,30,34,36,46,48-53,55-59H,3-4,6,8-10,12,14-16,18,20-21,24,27,29,31-33,35,37-45H2,1-2H3,(H,60,61)/b7-5-,13-11-,19-17-,23-22-,26-25-,30-28-,36-34-. The molecule has 0 radical (unpaired) electrons. The molecule has 0 aromatic carbocycles. The van der Waals surface area contributed by atoms with E-state index in [4.69, 9.17) is 18.5 Å². The molecule has 0 bridgehead atoms. The summed E-state index contributed by atoms with van der Waals surface area (Å²) in [6, 6.07) is 0. The van der Waals surface area contributed by atoms with Crippen molar-refractivity contribution in [2.24, 2.45) is 0 Å². The zero-order chi connectivity index (χ0) is 48.4. The van der Waals surface area contributed by atoms with Crippen LogP contribution in [-0.2, 0) is 27.9 Å². The lowest BCUT2D eigenvalue weighted by Crippen LogP contribution is -2.64. The summed E-state index contributed by atoms with van der Waals surface area (Å²) < 4.78 is 34.2. The molecule has 0 aromatic heterocycles. The van der Waals surface area contributed by atoms with E-state index in [0.29, 0.717) is 19.4 Å². The van der Waals surface area contributed by atoms with Gasteiger partial charge in [-0.15, -0.1) is 0 Å². The van der Waals surface area contributed by atoms with Crippen LogP contribution in [0.3, 0.4) is 0 Å². The van der Waals surface area contributed by atoms with Gasteiger partial charge in [0.2, 0.25) is 0 Å². The Labute approximate surface area is 399 Å². The first kappa shape index (κ1) is 61.5. The summed E-state index contributed by atoms with van der Waals surface area (Å²) in [4.78, 5) is 23.2. The van der Waals surface area contributed by atoms with Crippen molar-refractivity contribution in [3.8, 4) is 0 Å². The van der Waals surface area contributed by atoms with Crippen LogP contribution in [0.1, 0.15) is 181 Å². The third-order valence-corrected chi connectivity index (χ3v) is 12.3. The summed E-state index contributed by atoms with van der Waals surface area (Å²) in [5.41, 5.74) is 0. The molecule has 12 nitrogen and oxygen atoms in total. The van der Waals surface area contributed by atoms with Gasteiger partial charge in [0.25, 0.3) is 0 Å². The number of unbranched alkanes of at least 4 members (excludes halogenated alkanes) is 16. The molecular formula is C53H91O12P. The molecule has 1 aliphatic rings. The smallest absolute Gasteiger partial charge is 0.457 e. The summed E-state index contributed by atoms with van der Waals surface area (Å²) in [5, 5.41) is 50.3. The average molecular weight is 951 g/mol. The van der Waals surface area contributed by atoms with Gasteiger partial charge in [-0.3, -0.25) is 13.8 Å². The minimum absolute atomic E-state index is 0.103. The summed E-state index contributed by atoms with van der Waals surface area (Å²) >= 11 is 0. The summed E-state index contributed by atoms with van der Waals surface area (Å²) in [5.74, 6) is -0.535.